The summed E-state index contributed by atoms with van der Waals surface area (Å²) in [5, 5.41) is 0.626. The lowest BCUT2D eigenvalue weighted by Crippen LogP contribution is -2.32. The number of halogens is 2. The average Bonchev–Trinajstić information content (AvgIpc) is 2.64. The number of ketones is 1. The lowest BCUT2D eigenvalue weighted by Gasteiger charge is -2.33. The van der Waals surface area contributed by atoms with Gasteiger partial charge in [0.1, 0.15) is 5.82 Å². The monoisotopic (exact) mass is 357 g/mol. The third-order valence-electron chi connectivity index (χ3n) is 4.60. The van der Waals surface area contributed by atoms with Gasteiger partial charge in [-0.15, -0.1) is 0 Å². The zero-order chi connectivity index (χ0) is 17.6. The number of Topliss-reactive ketones (excluding diaryl/α,β-unsaturated/α-hetero) is 1. The highest BCUT2D eigenvalue weighted by molar-refractivity contribution is 6.30. The molecule has 0 saturated carbocycles. The van der Waals surface area contributed by atoms with Crippen LogP contribution in [0.4, 0.5) is 4.39 Å². The fraction of sp³-hybridized carbons (Fsp3) is 0.286. The lowest BCUT2D eigenvalue weighted by atomic mass is 9.96. The highest BCUT2D eigenvalue weighted by Crippen LogP contribution is 2.28. The van der Waals surface area contributed by atoms with E-state index in [2.05, 4.69) is 17.1 Å². The maximum Gasteiger partial charge on any atom is 0.162 e. The van der Waals surface area contributed by atoms with Crippen LogP contribution in [0.25, 0.3) is 0 Å². The summed E-state index contributed by atoms with van der Waals surface area (Å²) in [5.41, 5.74) is 1.74. The topological polar surface area (TPSA) is 20.3 Å². The zero-order valence-corrected chi connectivity index (χ0v) is 14.8. The van der Waals surface area contributed by atoms with E-state index in [1.807, 2.05) is 12.1 Å². The maximum atomic E-state index is 13.3. The van der Waals surface area contributed by atoms with Crippen LogP contribution in [0.15, 0.2) is 60.7 Å². The second-order valence-corrected chi connectivity index (χ2v) is 6.73. The van der Waals surface area contributed by atoms with E-state index < -0.39 is 0 Å². The van der Waals surface area contributed by atoms with Gasteiger partial charge in [-0.1, -0.05) is 35.9 Å². The molecule has 25 heavy (non-hydrogen) atoms. The van der Waals surface area contributed by atoms with Crippen LogP contribution < -0.4 is 0 Å². The quantitative estimate of drug-likeness (QED) is 0.506. The zero-order valence-electron chi connectivity index (χ0n) is 14.0. The molecular formula is C21H21ClFNO. The molecule has 0 aliphatic carbocycles. The van der Waals surface area contributed by atoms with E-state index >= 15 is 0 Å². The van der Waals surface area contributed by atoms with E-state index in [9.17, 15) is 9.18 Å². The van der Waals surface area contributed by atoms with Crippen molar-refractivity contribution >= 4 is 17.4 Å². The molecule has 1 aliphatic rings. The van der Waals surface area contributed by atoms with Crippen molar-refractivity contribution in [1.29, 1.82) is 0 Å². The fourth-order valence-corrected chi connectivity index (χ4v) is 3.36. The molecule has 0 aromatic heterocycles. The summed E-state index contributed by atoms with van der Waals surface area (Å²) in [6.45, 7) is 1.81. The minimum atomic E-state index is -0.238. The molecule has 1 aliphatic heterocycles. The molecule has 0 amide bonds. The molecular weight excluding hydrogens is 337 g/mol. The predicted molar refractivity (Wildman–Crippen MR) is 99.5 cm³/mol. The average molecular weight is 358 g/mol. The summed E-state index contributed by atoms with van der Waals surface area (Å²) < 4.78 is 13.3. The van der Waals surface area contributed by atoms with Gasteiger partial charge in [-0.05, 0) is 54.8 Å². The van der Waals surface area contributed by atoms with Gasteiger partial charge in [0.25, 0.3) is 0 Å². The molecule has 2 aromatic rings. The molecule has 2 aromatic carbocycles. The molecule has 130 valence electrons. The van der Waals surface area contributed by atoms with Crippen molar-refractivity contribution in [3.05, 3.63) is 82.6 Å². The molecule has 1 atom stereocenters. The second kappa shape index (κ2) is 8.41. The molecule has 1 heterocycles. The Balaban J connectivity index is 1.73. The number of benzene rings is 2. The highest BCUT2D eigenvalue weighted by Gasteiger charge is 2.22. The first kappa shape index (κ1) is 17.8. The van der Waals surface area contributed by atoms with Crippen LogP contribution >= 0.6 is 11.6 Å². The van der Waals surface area contributed by atoms with Gasteiger partial charge in [-0.25, -0.2) is 4.39 Å². The van der Waals surface area contributed by atoms with Gasteiger partial charge in [-0.2, -0.15) is 0 Å². The van der Waals surface area contributed by atoms with Crippen LogP contribution in [0, 0.1) is 5.82 Å². The summed E-state index contributed by atoms with van der Waals surface area (Å²) in [6, 6.07) is 13.7. The molecule has 0 radical (unpaired) electrons. The molecule has 3 rings (SSSR count). The Morgan fingerprint density at radius 1 is 1.08 bits per heavy atom. The summed E-state index contributed by atoms with van der Waals surface area (Å²) in [7, 11) is 0. The standard InChI is InChI=1S/C21H21ClFNO/c22-18-8-4-17(5-9-18)21(25)13-12-20(24-14-2-1-3-15-24)16-6-10-19(23)11-7-16/h1-2,4-11,20H,3,12-15H2. The van der Waals surface area contributed by atoms with Gasteiger partial charge in [0.15, 0.2) is 5.78 Å². The number of carbonyl (C=O) groups excluding carboxylic acids is 1. The van der Waals surface area contributed by atoms with Crippen molar-refractivity contribution in [3.63, 3.8) is 0 Å². The summed E-state index contributed by atoms with van der Waals surface area (Å²) >= 11 is 5.88. The van der Waals surface area contributed by atoms with Gasteiger partial charge < -0.3 is 0 Å². The lowest BCUT2D eigenvalue weighted by molar-refractivity contribution is 0.0961. The number of hydrogen-bond acceptors (Lipinski definition) is 2. The van der Waals surface area contributed by atoms with Crippen molar-refractivity contribution in [3.8, 4) is 0 Å². The summed E-state index contributed by atoms with van der Waals surface area (Å²) in [4.78, 5) is 14.8. The molecule has 0 bridgehead atoms. The van der Waals surface area contributed by atoms with Crippen molar-refractivity contribution in [2.24, 2.45) is 0 Å². The van der Waals surface area contributed by atoms with E-state index in [4.69, 9.17) is 11.6 Å². The van der Waals surface area contributed by atoms with Crippen LogP contribution in [0.5, 0.6) is 0 Å². The minimum absolute atomic E-state index is 0.108. The van der Waals surface area contributed by atoms with E-state index in [0.29, 0.717) is 23.4 Å². The smallest absolute Gasteiger partial charge is 0.162 e. The SMILES string of the molecule is O=C(CCC(c1ccc(F)cc1)N1CC=CCC1)c1ccc(Cl)cc1. The molecule has 0 spiro atoms. The van der Waals surface area contributed by atoms with E-state index in [1.54, 1.807) is 24.3 Å². The van der Waals surface area contributed by atoms with Crippen LogP contribution in [-0.4, -0.2) is 23.8 Å². The van der Waals surface area contributed by atoms with E-state index in [-0.39, 0.29) is 17.6 Å². The van der Waals surface area contributed by atoms with Gasteiger partial charge in [0.05, 0.1) is 0 Å². The van der Waals surface area contributed by atoms with Crippen molar-refractivity contribution in [2.75, 3.05) is 13.1 Å². The molecule has 0 N–H and O–H groups in total. The van der Waals surface area contributed by atoms with Crippen molar-refractivity contribution < 1.29 is 9.18 Å². The molecule has 0 fully saturated rings. The fourth-order valence-electron chi connectivity index (χ4n) is 3.24. The maximum absolute atomic E-state index is 13.3. The number of nitrogens with zero attached hydrogens (tertiary/aromatic N) is 1. The Bertz CT molecular complexity index is 739. The molecule has 4 heteroatoms. The van der Waals surface area contributed by atoms with Crippen LogP contribution in [0.2, 0.25) is 5.02 Å². The third-order valence-corrected chi connectivity index (χ3v) is 4.85. The summed E-state index contributed by atoms with van der Waals surface area (Å²) in [6.07, 6.45) is 6.49. The summed E-state index contributed by atoms with van der Waals surface area (Å²) in [5.74, 6) is -0.130. The number of rotatable bonds is 6. The Labute approximate surface area is 152 Å². The van der Waals surface area contributed by atoms with Gasteiger partial charge in [0, 0.05) is 36.1 Å². The van der Waals surface area contributed by atoms with Crippen molar-refractivity contribution in [1.82, 2.24) is 4.90 Å². The number of hydrogen-bond donors (Lipinski definition) is 0. The third kappa shape index (κ3) is 4.77. The highest BCUT2D eigenvalue weighted by atomic mass is 35.5. The Kier molecular flexibility index (Phi) is 6.00. The van der Waals surface area contributed by atoms with E-state index in [0.717, 1.165) is 25.1 Å². The Morgan fingerprint density at radius 3 is 2.44 bits per heavy atom. The van der Waals surface area contributed by atoms with Crippen LogP contribution in [-0.2, 0) is 0 Å². The van der Waals surface area contributed by atoms with Crippen LogP contribution in [0.3, 0.4) is 0 Å². The first-order chi connectivity index (χ1) is 12.1. The predicted octanol–water partition coefficient (Wildman–Crippen LogP) is 5.45. The van der Waals surface area contributed by atoms with Gasteiger partial charge >= 0.3 is 0 Å². The first-order valence-electron chi connectivity index (χ1n) is 8.57. The van der Waals surface area contributed by atoms with Gasteiger partial charge in [-0.3, -0.25) is 9.69 Å². The van der Waals surface area contributed by atoms with Crippen molar-refractivity contribution in [2.45, 2.75) is 25.3 Å². The largest absolute Gasteiger partial charge is 0.294 e. The first-order valence-corrected chi connectivity index (χ1v) is 8.94. The number of carbonyl (C=O) groups is 1. The molecule has 1 unspecified atom stereocenters. The Morgan fingerprint density at radius 2 is 1.80 bits per heavy atom. The van der Waals surface area contributed by atoms with Gasteiger partial charge in [0.2, 0.25) is 0 Å². The van der Waals surface area contributed by atoms with Crippen LogP contribution in [0.1, 0.15) is 41.2 Å². The normalized spacial score (nSPS) is 15.9. The van der Waals surface area contributed by atoms with E-state index in [1.165, 1.54) is 12.1 Å². The molecule has 0 saturated heterocycles. The second-order valence-electron chi connectivity index (χ2n) is 6.29. The minimum Gasteiger partial charge on any atom is -0.294 e. The molecule has 2 nitrogen and oxygen atoms in total. The Hall–Kier alpha value is -1.97.